The summed E-state index contributed by atoms with van der Waals surface area (Å²) in [6.07, 6.45) is 4.95. The third-order valence-electron chi connectivity index (χ3n) is 15.0. The Balaban J connectivity index is 0.000000243. The molecule has 21 heteroatoms. The number of ether oxygens (including phenoxy) is 7. The molecule has 0 unspecified atom stereocenters. The van der Waals surface area contributed by atoms with Crippen molar-refractivity contribution in [2.45, 2.75) is 97.0 Å². The minimum atomic E-state index is -0.441. The molecule has 0 saturated carbocycles. The summed E-state index contributed by atoms with van der Waals surface area (Å²) in [7, 11) is 9.29. The van der Waals surface area contributed by atoms with E-state index in [2.05, 4.69) is 41.6 Å². The Kier molecular flexibility index (Phi) is 29.0. The lowest BCUT2D eigenvalue weighted by Crippen LogP contribution is -2.26. The number of nitrogens with one attached hydrogen (secondary N) is 3. The van der Waals surface area contributed by atoms with Gasteiger partial charge < -0.3 is 59.7 Å². The van der Waals surface area contributed by atoms with Gasteiger partial charge in [-0.15, -0.1) is 23.2 Å². The summed E-state index contributed by atoms with van der Waals surface area (Å²) in [4.78, 5) is 75.5. The van der Waals surface area contributed by atoms with E-state index >= 15 is 0 Å². The number of rotatable bonds is 16. The van der Waals surface area contributed by atoms with Crippen molar-refractivity contribution in [1.29, 1.82) is 0 Å². The van der Waals surface area contributed by atoms with Crippen LogP contribution in [0.3, 0.4) is 0 Å². The van der Waals surface area contributed by atoms with Gasteiger partial charge in [0.15, 0.2) is 23.0 Å². The fourth-order valence-electron chi connectivity index (χ4n) is 10.4. The van der Waals surface area contributed by atoms with Gasteiger partial charge in [-0.2, -0.15) is 0 Å². The van der Waals surface area contributed by atoms with Crippen LogP contribution in [0.4, 0.5) is 11.4 Å². The van der Waals surface area contributed by atoms with Gasteiger partial charge in [0.05, 0.1) is 66.1 Å². The number of aryl methyl sites for hydroxylation is 2. The summed E-state index contributed by atoms with van der Waals surface area (Å²) in [5.74, 6) is 2.90. The second-order valence-electron chi connectivity index (χ2n) is 20.6. The van der Waals surface area contributed by atoms with Crippen molar-refractivity contribution in [1.82, 2.24) is 15.5 Å². The van der Waals surface area contributed by atoms with Crippen LogP contribution in [0.25, 0.3) is 22.3 Å². The van der Waals surface area contributed by atoms with Gasteiger partial charge in [0, 0.05) is 61.1 Å². The van der Waals surface area contributed by atoms with Crippen LogP contribution in [0.2, 0.25) is 0 Å². The standard InChI is InChI=1S/C29H29ClN2O6.C21H24N2O5.C8H6Cl2O.C6H15N.C4H8O/c1-16(33)31-22-11-9-19-13-25(36-2)27(37-3)28(38-4)26(19)20-10-12-23(24(34)14-21(20)22)32-29(35)18-7-5-17(15-30)6-8-18;1-11(24)23-16-8-5-12-9-18(26-2)20(27-3)21(28-4)19(12)13-6-7-15(22)17(25)10-14(13)16;9-5-6-1-3-7(4-2-6)8(10)11;1-4-7(5-2)6-3;1-2-4-5-3-1/h5-8,10,12-14,22H,9,11,15H2,1-4H3,(H,31,33)(H,32,34,35);6-7,9-10,16H,5,8H2,1-4H3,(H2,22,25)(H,23,24);1-4H,5H2;4-6H2,1-3H3;1-4H2/t22-;16-;;;/m00.../s1. The molecule has 1 saturated heterocycles. The number of hydrogen-bond acceptors (Lipinski definition) is 15. The Morgan fingerprint density at radius 3 is 1.33 bits per heavy atom. The minimum absolute atomic E-state index is 0.104. The van der Waals surface area contributed by atoms with Gasteiger partial charge in [0.2, 0.25) is 34.2 Å². The molecule has 3 amide bonds. The number of nitrogens with zero attached hydrogens (tertiary/aromatic N) is 1. The highest BCUT2D eigenvalue weighted by molar-refractivity contribution is 6.67. The lowest BCUT2D eigenvalue weighted by atomic mass is 9.95. The molecular weight excluding hydrogens is 1200 g/mol. The largest absolute Gasteiger partial charge is 0.493 e. The lowest BCUT2D eigenvalue weighted by molar-refractivity contribution is -0.120. The second-order valence-corrected chi connectivity index (χ2v) is 21.4. The molecule has 0 radical (unpaired) electrons. The molecule has 18 nitrogen and oxygen atoms in total. The van der Waals surface area contributed by atoms with Gasteiger partial charge in [-0.05, 0) is 175 Å². The number of carbonyl (C=O) groups is 4. The quantitative estimate of drug-likeness (QED) is 0.0521. The number of hydrogen-bond donors (Lipinski definition) is 4. The first-order chi connectivity index (χ1) is 42.8. The molecule has 2 aliphatic carbocycles. The summed E-state index contributed by atoms with van der Waals surface area (Å²) in [5, 5.41) is 8.20. The van der Waals surface area contributed by atoms with Gasteiger partial charge in [-0.25, -0.2) is 0 Å². The fraction of sp³-hybridized carbons (Fsp3) is 0.382. The smallest absolute Gasteiger partial charge is 0.255 e. The van der Waals surface area contributed by atoms with E-state index in [0.717, 1.165) is 52.2 Å². The number of benzene rings is 4. The number of methoxy groups -OCH3 is 6. The van der Waals surface area contributed by atoms with Crippen molar-refractivity contribution in [2.24, 2.45) is 0 Å². The molecule has 0 bridgehead atoms. The highest BCUT2D eigenvalue weighted by Crippen LogP contribution is 2.52. The minimum Gasteiger partial charge on any atom is -0.493 e. The maximum atomic E-state index is 13.4. The van der Waals surface area contributed by atoms with E-state index in [4.69, 9.17) is 73.7 Å². The van der Waals surface area contributed by atoms with E-state index < -0.39 is 22.6 Å². The predicted molar refractivity (Wildman–Crippen MR) is 353 cm³/mol. The van der Waals surface area contributed by atoms with Gasteiger partial charge in [0.1, 0.15) is 0 Å². The van der Waals surface area contributed by atoms with Crippen LogP contribution in [-0.2, 0) is 38.9 Å². The van der Waals surface area contributed by atoms with E-state index in [1.54, 1.807) is 101 Å². The van der Waals surface area contributed by atoms with Gasteiger partial charge in [-0.3, -0.25) is 28.8 Å². The molecule has 89 heavy (non-hydrogen) atoms. The maximum absolute atomic E-state index is 13.4. The van der Waals surface area contributed by atoms with E-state index in [9.17, 15) is 28.8 Å². The molecule has 6 aromatic carbocycles. The molecule has 478 valence electrons. The molecule has 1 fully saturated rings. The number of carbonyl (C=O) groups excluding carboxylic acids is 4. The normalized spacial score (nSPS) is 14.0. The van der Waals surface area contributed by atoms with E-state index in [-0.39, 0.29) is 34.7 Å². The molecule has 2 atom stereocenters. The topological polar surface area (TPSA) is 232 Å². The Bertz CT molecular complexity index is 3500. The third kappa shape index (κ3) is 19.3. The highest BCUT2D eigenvalue weighted by Gasteiger charge is 2.31. The Morgan fingerprint density at radius 1 is 0.562 bits per heavy atom. The molecule has 6 aromatic rings. The van der Waals surface area contributed by atoms with Crippen LogP contribution in [0.1, 0.15) is 126 Å². The number of halogens is 3. The summed E-state index contributed by atoms with van der Waals surface area (Å²) in [6, 6.07) is 26.4. The monoisotopic (exact) mass is 1280 g/mol. The van der Waals surface area contributed by atoms with E-state index in [1.165, 1.54) is 72.7 Å². The van der Waals surface area contributed by atoms with Crippen LogP contribution in [-0.4, -0.2) is 103 Å². The molecule has 5 N–H and O–H groups in total. The average molecular weight is 1280 g/mol. The van der Waals surface area contributed by atoms with Crippen LogP contribution in [0, 0.1) is 0 Å². The first-order valence-corrected chi connectivity index (χ1v) is 30.7. The van der Waals surface area contributed by atoms with Crippen molar-refractivity contribution in [2.75, 3.05) is 86.6 Å². The van der Waals surface area contributed by atoms with E-state index in [0.29, 0.717) is 99.8 Å². The summed E-state index contributed by atoms with van der Waals surface area (Å²) >= 11 is 16.6. The van der Waals surface area contributed by atoms with Crippen molar-refractivity contribution in [3.05, 3.63) is 162 Å². The fourth-order valence-corrected chi connectivity index (χ4v) is 10.9. The van der Waals surface area contributed by atoms with Gasteiger partial charge >= 0.3 is 0 Å². The first kappa shape index (κ1) is 71.9. The third-order valence-corrected chi connectivity index (χ3v) is 15.8. The highest BCUT2D eigenvalue weighted by atomic mass is 35.5. The second kappa shape index (κ2) is 36.0. The number of amides is 3. The van der Waals surface area contributed by atoms with Crippen LogP contribution < -0.4 is 61.0 Å². The van der Waals surface area contributed by atoms with Gasteiger partial charge in [0.25, 0.3) is 11.1 Å². The molecule has 3 aliphatic rings. The Morgan fingerprint density at radius 2 is 0.978 bits per heavy atom. The van der Waals surface area contributed by atoms with Crippen molar-refractivity contribution >= 4 is 69.1 Å². The van der Waals surface area contributed by atoms with Crippen molar-refractivity contribution in [3.63, 3.8) is 0 Å². The molecule has 1 aliphatic heterocycles. The number of fused-ring (bicyclic) bond motifs is 6. The maximum Gasteiger partial charge on any atom is 0.255 e. The number of nitrogen functional groups attached to an aromatic ring is 1. The zero-order valence-corrected chi connectivity index (χ0v) is 54.8. The molecule has 0 aromatic heterocycles. The predicted octanol–water partition coefficient (Wildman–Crippen LogP) is 12.2. The first-order valence-electron chi connectivity index (χ1n) is 29.2. The van der Waals surface area contributed by atoms with Crippen LogP contribution in [0.15, 0.2) is 107 Å². The SMILES string of the molecule is C1CCOC1.CCN(CC)CC.COc1cc2c(c(OC)c1OC)-c1ccc(N)c(=O)cc1[C@@H](NC(C)=O)CC2.COc1cc2c(c(OC)c1OC)-c1ccc(NC(=O)c3ccc(CCl)cc3)c(=O)cc1[C@@H](NC(C)=O)CC2.O=C(Cl)c1ccc(CCl)cc1. The van der Waals surface area contributed by atoms with Gasteiger partial charge in [-0.1, -0.05) is 57.2 Å². The van der Waals surface area contributed by atoms with Crippen LogP contribution in [0.5, 0.6) is 34.5 Å². The molecule has 9 rings (SSSR count). The van der Waals surface area contributed by atoms with Crippen LogP contribution >= 0.6 is 34.8 Å². The lowest BCUT2D eigenvalue weighted by Gasteiger charge is -2.19. The molecular formula is C68H82Cl3N5O13. The zero-order valence-electron chi connectivity index (χ0n) is 52.6. The summed E-state index contributed by atoms with van der Waals surface area (Å²) in [6.45, 7) is 15.0. The Hall–Kier alpha value is -7.87. The number of anilines is 2. The average Bonchev–Trinajstić information content (AvgIpc) is 1.82. The summed E-state index contributed by atoms with van der Waals surface area (Å²) < 4.78 is 38.6. The molecule has 0 spiro atoms. The van der Waals surface area contributed by atoms with Crippen molar-refractivity contribution < 1.29 is 52.3 Å². The number of alkyl halides is 2. The Labute approximate surface area is 536 Å². The van der Waals surface area contributed by atoms with E-state index in [1.807, 2.05) is 12.1 Å². The number of nitrogens with two attached hydrogens (primary N) is 1. The molecule has 1 heterocycles. The van der Waals surface area contributed by atoms with Crippen molar-refractivity contribution in [3.8, 4) is 56.8 Å². The zero-order chi connectivity index (χ0) is 65.3. The summed E-state index contributed by atoms with van der Waals surface area (Å²) in [5.41, 5.74) is 14.4.